The van der Waals surface area contributed by atoms with Gasteiger partial charge in [-0.1, -0.05) is 6.07 Å². The third-order valence-electron chi connectivity index (χ3n) is 8.20. The Bertz CT molecular complexity index is 1500. The number of likely N-dealkylation sites (tertiary alicyclic amines) is 1. The maximum Gasteiger partial charge on any atom is 0.282 e. The molecule has 0 bridgehead atoms. The predicted molar refractivity (Wildman–Crippen MR) is 148 cm³/mol. The standard InChI is InChI=1S/C30H34F2N6O3/c1-5-41-27-12-25(34-14-20(27)13-33)17(2)38-9-7-21-22(24-15-36(4)35-28(24)29(31)32)10-19(11-23(21)30(38)40)6-8-37-16-26(39)18(37)3/h10-12,14-15,17-18,26,29,39H,5-9,16H2,1-4H3/t17?,18-,26-/m1/s1. The predicted octanol–water partition coefficient (Wildman–Crippen LogP) is 4.06. The van der Waals surface area contributed by atoms with Crippen LogP contribution in [0.1, 0.15) is 71.7 Å². The first-order valence-corrected chi connectivity index (χ1v) is 13.9. The van der Waals surface area contributed by atoms with E-state index in [1.165, 1.54) is 10.9 Å². The van der Waals surface area contributed by atoms with Crippen LogP contribution in [-0.2, 0) is 19.9 Å². The Morgan fingerprint density at radius 2 is 2.00 bits per heavy atom. The maximum absolute atomic E-state index is 14.0. The van der Waals surface area contributed by atoms with Gasteiger partial charge in [0.2, 0.25) is 0 Å². The average Bonchev–Trinajstić information content (AvgIpc) is 3.36. The summed E-state index contributed by atoms with van der Waals surface area (Å²) >= 11 is 0. The lowest BCUT2D eigenvalue weighted by Crippen LogP contribution is -2.58. The molecule has 4 heterocycles. The highest BCUT2D eigenvalue weighted by Crippen LogP contribution is 2.38. The van der Waals surface area contributed by atoms with Gasteiger partial charge in [-0.15, -0.1) is 0 Å². The van der Waals surface area contributed by atoms with Crippen LogP contribution in [0.3, 0.4) is 0 Å². The largest absolute Gasteiger partial charge is 0.492 e. The van der Waals surface area contributed by atoms with Crippen LogP contribution in [0.4, 0.5) is 8.78 Å². The number of alkyl halides is 2. The molecular weight excluding hydrogens is 530 g/mol. The Morgan fingerprint density at radius 3 is 2.66 bits per heavy atom. The Morgan fingerprint density at radius 1 is 1.24 bits per heavy atom. The number of aromatic nitrogens is 3. The minimum atomic E-state index is -2.76. The van der Waals surface area contributed by atoms with Crippen molar-refractivity contribution >= 4 is 5.91 Å². The molecular formula is C30H34F2N6O3. The molecule has 216 valence electrons. The first-order chi connectivity index (χ1) is 19.6. The molecule has 1 amide bonds. The number of fused-ring (bicyclic) bond motifs is 1. The van der Waals surface area contributed by atoms with E-state index >= 15 is 0 Å². The number of aliphatic hydroxyl groups excluding tert-OH is 1. The molecule has 41 heavy (non-hydrogen) atoms. The van der Waals surface area contributed by atoms with E-state index in [0.29, 0.717) is 72.8 Å². The van der Waals surface area contributed by atoms with Gasteiger partial charge >= 0.3 is 0 Å². The van der Waals surface area contributed by atoms with Gasteiger partial charge in [-0.25, -0.2) is 8.78 Å². The number of aliphatic hydroxyl groups is 1. The van der Waals surface area contributed by atoms with Gasteiger partial charge < -0.3 is 14.7 Å². The van der Waals surface area contributed by atoms with Crippen molar-refractivity contribution in [1.82, 2.24) is 24.6 Å². The van der Waals surface area contributed by atoms with Crippen molar-refractivity contribution in [2.45, 2.75) is 58.2 Å². The van der Waals surface area contributed by atoms with Crippen LogP contribution in [0, 0.1) is 11.3 Å². The number of amides is 1. The van der Waals surface area contributed by atoms with E-state index in [2.05, 4.69) is 21.1 Å². The van der Waals surface area contributed by atoms with Crippen molar-refractivity contribution in [2.75, 3.05) is 26.2 Å². The monoisotopic (exact) mass is 564 g/mol. The van der Waals surface area contributed by atoms with Crippen molar-refractivity contribution < 1.29 is 23.4 Å². The van der Waals surface area contributed by atoms with Crippen LogP contribution in [0.5, 0.6) is 5.75 Å². The highest BCUT2D eigenvalue weighted by atomic mass is 19.3. The van der Waals surface area contributed by atoms with Gasteiger partial charge in [0, 0.05) is 62.3 Å². The first-order valence-electron chi connectivity index (χ1n) is 13.9. The molecule has 2 aliphatic heterocycles. The number of aryl methyl sites for hydroxylation is 1. The summed E-state index contributed by atoms with van der Waals surface area (Å²) in [6.45, 7) is 7.70. The molecule has 3 atom stereocenters. The second-order valence-electron chi connectivity index (χ2n) is 10.7. The lowest BCUT2D eigenvalue weighted by molar-refractivity contribution is -0.0510. The normalized spacial score (nSPS) is 19.6. The zero-order valence-corrected chi connectivity index (χ0v) is 23.6. The number of pyridine rings is 1. The van der Waals surface area contributed by atoms with Crippen LogP contribution in [0.25, 0.3) is 11.1 Å². The number of nitrogens with zero attached hydrogens (tertiary/aromatic N) is 6. The summed E-state index contributed by atoms with van der Waals surface area (Å²) in [6.07, 6.45) is 1.00. The number of carbonyl (C=O) groups is 1. The third-order valence-corrected chi connectivity index (χ3v) is 8.20. The number of ether oxygens (including phenoxy) is 1. The summed E-state index contributed by atoms with van der Waals surface area (Å²) in [5, 5.41) is 23.3. The van der Waals surface area contributed by atoms with Crippen molar-refractivity contribution in [3.05, 3.63) is 64.2 Å². The first kappa shape index (κ1) is 28.6. The smallest absolute Gasteiger partial charge is 0.282 e. The number of carbonyl (C=O) groups excluding carboxylic acids is 1. The molecule has 1 saturated heterocycles. The molecule has 0 saturated carbocycles. The molecule has 1 fully saturated rings. The number of hydrogen-bond acceptors (Lipinski definition) is 7. The van der Waals surface area contributed by atoms with Crippen LogP contribution < -0.4 is 4.74 Å². The van der Waals surface area contributed by atoms with E-state index in [1.807, 2.05) is 32.9 Å². The number of β-amino-alcohol motifs (C(OH)–C–C–N with tert-alkyl or cyclic N) is 1. The molecule has 1 N–H and O–H groups in total. The van der Waals surface area contributed by atoms with Gasteiger partial charge in [0.15, 0.2) is 0 Å². The quantitative estimate of drug-likeness (QED) is 0.418. The Kier molecular flexibility index (Phi) is 8.07. The van der Waals surface area contributed by atoms with Crippen LogP contribution in [0.15, 0.2) is 30.6 Å². The second kappa shape index (κ2) is 11.5. The molecule has 0 aliphatic carbocycles. The summed E-state index contributed by atoms with van der Waals surface area (Å²) in [7, 11) is 1.61. The highest BCUT2D eigenvalue weighted by molar-refractivity contribution is 5.99. The van der Waals surface area contributed by atoms with Crippen molar-refractivity contribution in [3.8, 4) is 22.9 Å². The summed E-state index contributed by atoms with van der Waals surface area (Å²) in [6, 6.07) is 7.20. The number of benzene rings is 1. The molecule has 1 aromatic carbocycles. The highest BCUT2D eigenvalue weighted by Gasteiger charge is 2.35. The van der Waals surface area contributed by atoms with Crippen LogP contribution in [-0.4, -0.2) is 74.0 Å². The van der Waals surface area contributed by atoms with Gasteiger partial charge in [-0.3, -0.25) is 19.4 Å². The summed E-state index contributed by atoms with van der Waals surface area (Å²) in [4.78, 5) is 22.3. The SMILES string of the molecule is CCOc1cc(C(C)N2CCc3c(cc(CCN4C[C@@H](O)[C@H]4C)cc3-c3cn(C)nc3C(F)F)C2=O)ncc1C#N. The molecule has 0 spiro atoms. The van der Waals surface area contributed by atoms with E-state index < -0.39 is 12.5 Å². The second-order valence-corrected chi connectivity index (χ2v) is 10.7. The van der Waals surface area contributed by atoms with Gasteiger partial charge in [-0.05, 0) is 56.4 Å². The van der Waals surface area contributed by atoms with Gasteiger partial charge in [0.1, 0.15) is 23.1 Å². The average molecular weight is 565 g/mol. The maximum atomic E-state index is 14.0. The lowest BCUT2D eigenvalue weighted by atomic mass is 9.87. The zero-order valence-electron chi connectivity index (χ0n) is 23.6. The molecule has 9 nitrogen and oxygen atoms in total. The van der Waals surface area contributed by atoms with E-state index in [-0.39, 0.29) is 23.7 Å². The number of nitriles is 1. The van der Waals surface area contributed by atoms with E-state index in [1.54, 1.807) is 24.2 Å². The fourth-order valence-corrected chi connectivity index (χ4v) is 5.74. The number of rotatable bonds is 9. The van der Waals surface area contributed by atoms with Gasteiger partial charge in [0.05, 0.1) is 24.4 Å². The molecule has 1 unspecified atom stereocenters. The van der Waals surface area contributed by atoms with Gasteiger partial charge in [0.25, 0.3) is 12.3 Å². The van der Waals surface area contributed by atoms with E-state index in [9.17, 15) is 23.9 Å². The number of hydrogen-bond donors (Lipinski definition) is 1. The van der Waals surface area contributed by atoms with E-state index in [0.717, 1.165) is 11.1 Å². The fourth-order valence-electron chi connectivity index (χ4n) is 5.74. The minimum absolute atomic E-state index is 0.0512. The van der Waals surface area contributed by atoms with Crippen molar-refractivity contribution in [2.24, 2.45) is 7.05 Å². The summed E-state index contributed by atoms with van der Waals surface area (Å²) < 4.78 is 35.0. The van der Waals surface area contributed by atoms with Gasteiger partial charge in [-0.2, -0.15) is 10.4 Å². The van der Waals surface area contributed by atoms with Crippen LogP contribution in [0.2, 0.25) is 0 Å². The zero-order chi connectivity index (χ0) is 29.4. The minimum Gasteiger partial charge on any atom is -0.492 e. The van der Waals surface area contributed by atoms with Crippen molar-refractivity contribution in [3.63, 3.8) is 0 Å². The fraction of sp³-hybridized carbons (Fsp3) is 0.467. The van der Waals surface area contributed by atoms with Crippen molar-refractivity contribution in [1.29, 1.82) is 5.26 Å². The van der Waals surface area contributed by atoms with Crippen LogP contribution >= 0.6 is 0 Å². The molecule has 11 heteroatoms. The molecule has 0 radical (unpaired) electrons. The lowest BCUT2D eigenvalue weighted by Gasteiger charge is -2.43. The summed E-state index contributed by atoms with van der Waals surface area (Å²) in [5.41, 5.74) is 3.61. The molecule has 2 aliphatic rings. The Labute approximate surface area is 238 Å². The Balaban J connectivity index is 1.52. The third kappa shape index (κ3) is 5.42. The van der Waals surface area contributed by atoms with E-state index in [4.69, 9.17) is 4.74 Å². The number of halogens is 2. The summed E-state index contributed by atoms with van der Waals surface area (Å²) in [5.74, 6) is 0.212. The molecule has 5 rings (SSSR count). The Hall–Kier alpha value is -3.88. The molecule has 2 aromatic heterocycles. The molecule has 3 aromatic rings. The topological polar surface area (TPSA) is 108 Å².